The average molecular weight is 360 g/mol. The fourth-order valence-electron chi connectivity index (χ4n) is 3.48. The molecule has 3 aromatic rings. The molecule has 1 atom stereocenters. The summed E-state index contributed by atoms with van der Waals surface area (Å²) in [4.78, 5) is 33.4. The Balaban J connectivity index is 1.66. The van der Waals surface area contributed by atoms with Crippen LogP contribution < -0.4 is 4.90 Å². The third-order valence-electron chi connectivity index (χ3n) is 4.85. The number of amides is 2. The zero-order chi connectivity index (χ0) is 18.8. The molecule has 0 bridgehead atoms. The summed E-state index contributed by atoms with van der Waals surface area (Å²) < 4.78 is 1.89. The van der Waals surface area contributed by atoms with Gasteiger partial charge in [-0.15, -0.1) is 0 Å². The van der Waals surface area contributed by atoms with Gasteiger partial charge in [0.05, 0.1) is 6.20 Å². The third kappa shape index (κ3) is 3.21. The van der Waals surface area contributed by atoms with Crippen molar-refractivity contribution in [3.8, 4) is 0 Å². The maximum absolute atomic E-state index is 13.3. The first kappa shape index (κ1) is 17.0. The fraction of sp³-hybridized carbons (Fsp3) is 0.190. The van der Waals surface area contributed by atoms with Gasteiger partial charge in [0.2, 0.25) is 5.91 Å². The number of aromatic nitrogens is 2. The van der Waals surface area contributed by atoms with Gasteiger partial charge in [-0.25, -0.2) is 4.98 Å². The Morgan fingerprint density at radius 1 is 1.15 bits per heavy atom. The fourth-order valence-corrected chi connectivity index (χ4v) is 3.48. The van der Waals surface area contributed by atoms with Gasteiger partial charge in [-0.2, -0.15) is 0 Å². The van der Waals surface area contributed by atoms with E-state index in [1.54, 1.807) is 9.80 Å². The number of hydrogen-bond donors (Lipinski definition) is 0. The molecule has 1 unspecified atom stereocenters. The molecule has 1 aliphatic rings. The lowest BCUT2D eigenvalue weighted by atomic mass is 10.0. The molecule has 0 radical (unpaired) electrons. The van der Waals surface area contributed by atoms with Crippen molar-refractivity contribution in [3.63, 3.8) is 0 Å². The summed E-state index contributed by atoms with van der Waals surface area (Å²) in [5.41, 5.74) is 1.79. The minimum absolute atomic E-state index is 0.122. The molecule has 27 heavy (non-hydrogen) atoms. The molecule has 0 spiro atoms. The summed E-state index contributed by atoms with van der Waals surface area (Å²) in [5.74, 6) is 0.262. The van der Waals surface area contributed by atoms with Gasteiger partial charge in [0.1, 0.15) is 11.7 Å². The Bertz CT molecular complexity index is 963. The zero-order valence-electron chi connectivity index (χ0n) is 14.9. The van der Waals surface area contributed by atoms with Crippen molar-refractivity contribution in [2.45, 2.75) is 12.5 Å². The van der Waals surface area contributed by atoms with Crippen molar-refractivity contribution < 1.29 is 9.59 Å². The number of anilines is 1. The Morgan fingerprint density at radius 2 is 1.93 bits per heavy atom. The molecule has 1 aliphatic heterocycles. The highest BCUT2D eigenvalue weighted by atomic mass is 16.2. The summed E-state index contributed by atoms with van der Waals surface area (Å²) >= 11 is 0. The molecule has 6 heteroatoms. The first-order valence-corrected chi connectivity index (χ1v) is 8.89. The predicted molar refractivity (Wildman–Crippen MR) is 103 cm³/mol. The number of rotatable bonds is 4. The first-order valence-electron chi connectivity index (χ1n) is 8.89. The summed E-state index contributed by atoms with van der Waals surface area (Å²) in [5, 5.41) is 0. The van der Waals surface area contributed by atoms with E-state index in [2.05, 4.69) is 11.6 Å². The first-order chi connectivity index (χ1) is 13.2. The summed E-state index contributed by atoms with van der Waals surface area (Å²) in [7, 11) is 0. The SMILES string of the molecule is C=CC(=O)N1CCN(c2cn3ccccc3n2)C(=O)C1Cc1ccccc1. The van der Waals surface area contributed by atoms with Crippen molar-refractivity contribution in [2.24, 2.45) is 0 Å². The van der Waals surface area contributed by atoms with Crippen LogP contribution in [-0.2, 0) is 16.0 Å². The van der Waals surface area contributed by atoms with Crippen LogP contribution in [0.5, 0.6) is 0 Å². The third-order valence-corrected chi connectivity index (χ3v) is 4.85. The number of pyridine rings is 1. The van der Waals surface area contributed by atoms with E-state index in [0.29, 0.717) is 25.3 Å². The highest BCUT2D eigenvalue weighted by Crippen LogP contribution is 2.23. The number of carbonyl (C=O) groups is 2. The molecule has 0 saturated carbocycles. The van der Waals surface area contributed by atoms with Crippen molar-refractivity contribution in [1.29, 1.82) is 0 Å². The second-order valence-corrected chi connectivity index (χ2v) is 6.50. The van der Waals surface area contributed by atoms with E-state index in [4.69, 9.17) is 0 Å². The van der Waals surface area contributed by atoms with Crippen LogP contribution in [0, 0.1) is 0 Å². The molecule has 3 heterocycles. The number of benzene rings is 1. The van der Waals surface area contributed by atoms with Crippen molar-refractivity contribution in [1.82, 2.24) is 14.3 Å². The molecule has 0 aliphatic carbocycles. The maximum atomic E-state index is 13.3. The number of piperazine rings is 1. The molecule has 4 rings (SSSR count). The monoisotopic (exact) mass is 360 g/mol. The molecular weight excluding hydrogens is 340 g/mol. The van der Waals surface area contributed by atoms with Gasteiger partial charge in [0.15, 0.2) is 5.82 Å². The van der Waals surface area contributed by atoms with Gasteiger partial charge in [-0.3, -0.25) is 14.5 Å². The second-order valence-electron chi connectivity index (χ2n) is 6.50. The van der Waals surface area contributed by atoms with Gasteiger partial charge in [-0.1, -0.05) is 43.0 Å². The van der Waals surface area contributed by atoms with Crippen LogP contribution in [0.25, 0.3) is 5.65 Å². The van der Waals surface area contributed by atoms with E-state index >= 15 is 0 Å². The second kappa shape index (κ2) is 7.07. The molecule has 2 aromatic heterocycles. The van der Waals surface area contributed by atoms with Crippen LogP contribution in [0.4, 0.5) is 5.82 Å². The van der Waals surface area contributed by atoms with Crippen LogP contribution >= 0.6 is 0 Å². The Kier molecular flexibility index (Phi) is 4.46. The lowest BCUT2D eigenvalue weighted by molar-refractivity contribution is -0.138. The number of nitrogens with zero attached hydrogens (tertiary/aromatic N) is 4. The predicted octanol–water partition coefficient (Wildman–Crippen LogP) is 2.31. The number of fused-ring (bicyclic) bond motifs is 1. The van der Waals surface area contributed by atoms with E-state index < -0.39 is 6.04 Å². The summed E-state index contributed by atoms with van der Waals surface area (Å²) in [6, 6.07) is 14.9. The quantitative estimate of drug-likeness (QED) is 0.671. The molecule has 6 nitrogen and oxygen atoms in total. The van der Waals surface area contributed by atoms with E-state index in [9.17, 15) is 9.59 Å². The molecule has 1 aromatic carbocycles. The van der Waals surface area contributed by atoms with Crippen LogP contribution in [0.15, 0.2) is 73.6 Å². The zero-order valence-corrected chi connectivity index (χ0v) is 14.9. The average Bonchev–Trinajstić information content (AvgIpc) is 3.13. The molecule has 2 amide bonds. The lowest BCUT2D eigenvalue weighted by Gasteiger charge is -2.39. The normalized spacial score (nSPS) is 17.3. The highest BCUT2D eigenvalue weighted by Gasteiger charge is 2.38. The van der Waals surface area contributed by atoms with Gasteiger partial charge >= 0.3 is 0 Å². The number of carbonyl (C=O) groups excluding carboxylic acids is 2. The van der Waals surface area contributed by atoms with E-state index in [1.807, 2.05) is 65.3 Å². The minimum Gasteiger partial charge on any atom is -0.325 e. The molecule has 1 saturated heterocycles. The van der Waals surface area contributed by atoms with Crippen molar-refractivity contribution in [2.75, 3.05) is 18.0 Å². The molecular formula is C21H20N4O2. The van der Waals surface area contributed by atoms with Gasteiger partial charge in [0, 0.05) is 25.7 Å². The largest absolute Gasteiger partial charge is 0.325 e. The standard InChI is InChI=1S/C21H20N4O2/c1-2-20(26)24-12-13-25(19-15-23-11-7-6-10-18(23)22-19)21(27)17(24)14-16-8-4-3-5-9-16/h2-11,15,17H,1,12-14H2. The number of hydrogen-bond acceptors (Lipinski definition) is 3. The Labute approximate surface area is 157 Å². The van der Waals surface area contributed by atoms with E-state index in [-0.39, 0.29) is 11.8 Å². The Morgan fingerprint density at radius 3 is 2.67 bits per heavy atom. The minimum atomic E-state index is -0.573. The summed E-state index contributed by atoms with van der Waals surface area (Å²) in [6.07, 6.45) is 5.47. The number of imidazole rings is 1. The molecule has 0 N–H and O–H groups in total. The van der Waals surface area contributed by atoms with Crippen LogP contribution in [0.2, 0.25) is 0 Å². The highest BCUT2D eigenvalue weighted by molar-refractivity contribution is 6.01. The van der Waals surface area contributed by atoms with Crippen LogP contribution in [0.1, 0.15) is 5.56 Å². The maximum Gasteiger partial charge on any atom is 0.251 e. The van der Waals surface area contributed by atoms with Crippen molar-refractivity contribution in [3.05, 3.63) is 79.1 Å². The van der Waals surface area contributed by atoms with Crippen LogP contribution in [-0.4, -0.2) is 45.2 Å². The molecule has 136 valence electrons. The van der Waals surface area contributed by atoms with Crippen molar-refractivity contribution >= 4 is 23.3 Å². The van der Waals surface area contributed by atoms with Gasteiger partial charge in [0.25, 0.3) is 5.91 Å². The topological polar surface area (TPSA) is 57.9 Å². The van der Waals surface area contributed by atoms with Crippen LogP contribution in [0.3, 0.4) is 0 Å². The molecule has 1 fully saturated rings. The smallest absolute Gasteiger partial charge is 0.251 e. The van der Waals surface area contributed by atoms with Gasteiger partial charge < -0.3 is 9.30 Å². The van der Waals surface area contributed by atoms with E-state index in [1.165, 1.54) is 6.08 Å². The summed E-state index contributed by atoms with van der Waals surface area (Å²) in [6.45, 7) is 4.43. The Hall–Kier alpha value is -3.41. The van der Waals surface area contributed by atoms with Gasteiger partial charge in [-0.05, 0) is 23.8 Å². The lowest BCUT2D eigenvalue weighted by Crippen LogP contribution is -2.59. The van der Waals surface area contributed by atoms with E-state index in [0.717, 1.165) is 11.2 Å².